The number of carbonyl (C=O) groups is 1. The van der Waals surface area contributed by atoms with Crippen molar-refractivity contribution in [2.24, 2.45) is 0 Å². The van der Waals surface area contributed by atoms with Crippen LogP contribution in [0.15, 0.2) is 73.3 Å². The average Bonchev–Trinajstić information content (AvgIpc) is 2.90. The molecule has 4 heterocycles. The Kier molecular flexibility index (Phi) is 7.04. The lowest BCUT2D eigenvalue weighted by Crippen LogP contribution is -2.45. The molecule has 4 aromatic rings. The van der Waals surface area contributed by atoms with Crippen LogP contribution in [0.1, 0.15) is 29.8 Å². The van der Waals surface area contributed by atoms with Crippen LogP contribution in [0.3, 0.4) is 0 Å². The van der Waals surface area contributed by atoms with E-state index < -0.39 is 0 Å². The zero-order valence-corrected chi connectivity index (χ0v) is 21.0. The Morgan fingerprint density at radius 2 is 1.84 bits per heavy atom. The Balaban J connectivity index is 1.28. The lowest BCUT2D eigenvalue weighted by Gasteiger charge is -2.36. The van der Waals surface area contributed by atoms with Crippen molar-refractivity contribution in [1.29, 1.82) is 0 Å². The topological polar surface area (TPSA) is 105 Å². The summed E-state index contributed by atoms with van der Waals surface area (Å²) in [4.78, 5) is 32.9. The van der Waals surface area contributed by atoms with E-state index in [1.54, 1.807) is 36.9 Å². The van der Waals surface area contributed by atoms with Crippen molar-refractivity contribution in [2.75, 3.05) is 28.6 Å². The predicted octanol–water partition coefficient (Wildman–Crippen LogP) is 4.85. The molecule has 2 atom stereocenters. The van der Waals surface area contributed by atoms with Crippen molar-refractivity contribution < 1.29 is 9.53 Å². The summed E-state index contributed by atoms with van der Waals surface area (Å²) in [5, 5.41) is 6.18. The van der Waals surface area contributed by atoms with Crippen molar-refractivity contribution in [1.82, 2.24) is 19.9 Å². The van der Waals surface area contributed by atoms with Gasteiger partial charge in [-0.05, 0) is 68.8 Å². The third kappa shape index (κ3) is 5.90. The van der Waals surface area contributed by atoms with Crippen LogP contribution in [0.5, 0.6) is 0 Å². The van der Waals surface area contributed by atoms with Crippen LogP contribution in [-0.4, -0.2) is 51.1 Å². The first-order chi connectivity index (χ1) is 17.9. The number of anilines is 4. The number of nitrogens with zero attached hydrogens (tertiary/aromatic N) is 5. The Bertz CT molecular complexity index is 1370. The maximum Gasteiger partial charge on any atom is 0.255 e. The molecule has 0 saturated carbocycles. The standard InChI is InChI=1S/C28H29N7O2/c1-18-6-7-21(13-25(18)34-28-30-12-10-24(33-28)22-5-4-11-29-14-22)27(36)32-23-8-9-26(31-15-23)35-16-19(2)37-20(3)17-35/h4-15,19-20H,16-17H2,1-3H3,(H,32,36)(H,30,33,34)/t19-,20+. The molecule has 37 heavy (non-hydrogen) atoms. The van der Waals surface area contributed by atoms with Crippen LogP contribution >= 0.6 is 0 Å². The number of benzene rings is 1. The van der Waals surface area contributed by atoms with Crippen molar-refractivity contribution in [3.63, 3.8) is 0 Å². The number of aromatic nitrogens is 4. The fraction of sp³-hybridized carbons (Fsp3) is 0.250. The van der Waals surface area contributed by atoms with Crippen LogP contribution in [0.2, 0.25) is 0 Å². The predicted molar refractivity (Wildman–Crippen MR) is 144 cm³/mol. The van der Waals surface area contributed by atoms with Gasteiger partial charge in [0.05, 0.1) is 29.8 Å². The Morgan fingerprint density at radius 1 is 1.00 bits per heavy atom. The molecule has 0 spiro atoms. The molecule has 2 N–H and O–H groups in total. The van der Waals surface area contributed by atoms with Crippen LogP contribution in [0, 0.1) is 6.92 Å². The van der Waals surface area contributed by atoms with E-state index in [9.17, 15) is 4.79 Å². The Labute approximate surface area is 216 Å². The number of morpholine rings is 1. The zero-order chi connectivity index (χ0) is 25.8. The van der Waals surface area contributed by atoms with E-state index in [4.69, 9.17) is 4.74 Å². The number of nitrogens with one attached hydrogen (secondary N) is 2. The van der Waals surface area contributed by atoms with Crippen molar-refractivity contribution in [3.05, 3.63) is 84.4 Å². The SMILES string of the molecule is Cc1ccc(C(=O)Nc2ccc(N3C[C@@H](C)O[C@@H](C)C3)nc2)cc1Nc1nccc(-c2cccnc2)n1. The molecule has 1 aliphatic heterocycles. The number of hydrogen-bond donors (Lipinski definition) is 2. The fourth-order valence-electron chi connectivity index (χ4n) is 4.33. The molecule has 5 rings (SSSR count). The van der Waals surface area contributed by atoms with E-state index >= 15 is 0 Å². The third-order valence-corrected chi connectivity index (χ3v) is 6.11. The molecular weight excluding hydrogens is 466 g/mol. The molecule has 1 amide bonds. The summed E-state index contributed by atoms with van der Waals surface area (Å²) in [6.07, 6.45) is 7.15. The van der Waals surface area contributed by atoms with Gasteiger partial charge in [0, 0.05) is 48.5 Å². The second kappa shape index (κ2) is 10.7. The maximum atomic E-state index is 13.0. The van der Waals surface area contributed by atoms with Gasteiger partial charge in [-0.1, -0.05) is 6.07 Å². The first-order valence-electron chi connectivity index (χ1n) is 12.2. The van der Waals surface area contributed by atoms with Gasteiger partial charge in [-0.3, -0.25) is 9.78 Å². The molecule has 0 bridgehead atoms. The smallest absolute Gasteiger partial charge is 0.255 e. The quantitative estimate of drug-likeness (QED) is 0.391. The van der Waals surface area contributed by atoms with E-state index in [0.717, 1.165) is 41.4 Å². The van der Waals surface area contributed by atoms with Gasteiger partial charge in [-0.2, -0.15) is 0 Å². The summed E-state index contributed by atoms with van der Waals surface area (Å²) < 4.78 is 5.80. The summed E-state index contributed by atoms with van der Waals surface area (Å²) in [7, 11) is 0. The summed E-state index contributed by atoms with van der Waals surface area (Å²) in [6, 6.07) is 14.9. The number of carbonyl (C=O) groups excluding carboxylic acids is 1. The number of aryl methyl sites for hydroxylation is 1. The Morgan fingerprint density at radius 3 is 2.57 bits per heavy atom. The van der Waals surface area contributed by atoms with Crippen LogP contribution < -0.4 is 15.5 Å². The van der Waals surface area contributed by atoms with E-state index in [-0.39, 0.29) is 18.1 Å². The van der Waals surface area contributed by atoms with E-state index in [0.29, 0.717) is 17.2 Å². The highest BCUT2D eigenvalue weighted by atomic mass is 16.5. The summed E-state index contributed by atoms with van der Waals surface area (Å²) in [5.41, 5.74) is 4.51. The highest BCUT2D eigenvalue weighted by Crippen LogP contribution is 2.24. The van der Waals surface area contributed by atoms with Gasteiger partial charge in [0.1, 0.15) is 5.82 Å². The lowest BCUT2D eigenvalue weighted by molar-refractivity contribution is -0.00545. The molecule has 9 heteroatoms. The zero-order valence-electron chi connectivity index (χ0n) is 21.0. The van der Waals surface area contributed by atoms with Crippen LogP contribution in [0.25, 0.3) is 11.3 Å². The molecule has 1 aromatic carbocycles. The van der Waals surface area contributed by atoms with Crippen molar-refractivity contribution in [2.45, 2.75) is 33.0 Å². The minimum absolute atomic E-state index is 0.150. The van der Waals surface area contributed by atoms with Gasteiger partial charge >= 0.3 is 0 Å². The number of pyridine rings is 2. The molecule has 1 fully saturated rings. The van der Waals surface area contributed by atoms with Gasteiger partial charge in [0.25, 0.3) is 5.91 Å². The molecular formula is C28H29N7O2. The normalized spacial score (nSPS) is 17.3. The largest absolute Gasteiger partial charge is 0.372 e. The van der Waals surface area contributed by atoms with Crippen LogP contribution in [-0.2, 0) is 4.74 Å². The molecule has 3 aromatic heterocycles. The van der Waals surface area contributed by atoms with Gasteiger partial charge in [0.2, 0.25) is 5.95 Å². The van der Waals surface area contributed by atoms with Crippen molar-refractivity contribution >= 4 is 29.0 Å². The Hall–Kier alpha value is -4.37. The highest BCUT2D eigenvalue weighted by molar-refractivity contribution is 6.05. The lowest BCUT2D eigenvalue weighted by atomic mass is 10.1. The first kappa shape index (κ1) is 24.3. The second-order valence-electron chi connectivity index (χ2n) is 9.18. The van der Waals surface area contributed by atoms with Crippen molar-refractivity contribution in [3.8, 4) is 11.3 Å². The summed E-state index contributed by atoms with van der Waals surface area (Å²) in [5.74, 6) is 1.08. The van der Waals surface area contributed by atoms with Gasteiger partial charge in [0.15, 0.2) is 0 Å². The molecule has 9 nitrogen and oxygen atoms in total. The fourth-order valence-corrected chi connectivity index (χ4v) is 4.33. The summed E-state index contributed by atoms with van der Waals surface area (Å²) in [6.45, 7) is 7.66. The van der Waals surface area contributed by atoms with E-state index in [1.807, 2.05) is 43.3 Å². The summed E-state index contributed by atoms with van der Waals surface area (Å²) >= 11 is 0. The van der Waals surface area contributed by atoms with Gasteiger partial charge < -0.3 is 20.3 Å². The minimum atomic E-state index is -0.226. The third-order valence-electron chi connectivity index (χ3n) is 6.11. The molecule has 0 radical (unpaired) electrons. The minimum Gasteiger partial charge on any atom is -0.372 e. The number of amides is 1. The second-order valence-corrected chi connectivity index (χ2v) is 9.18. The average molecular weight is 496 g/mol. The van der Waals surface area contributed by atoms with E-state index in [2.05, 4.69) is 49.3 Å². The maximum absolute atomic E-state index is 13.0. The number of ether oxygens (including phenoxy) is 1. The number of rotatable bonds is 6. The molecule has 0 unspecified atom stereocenters. The first-order valence-corrected chi connectivity index (χ1v) is 12.2. The van der Waals surface area contributed by atoms with Gasteiger partial charge in [-0.15, -0.1) is 0 Å². The highest BCUT2D eigenvalue weighted by Gasteiger charge is 2.23. The molecule has 0 aliphatic carbocycles. The monoisotopic (exact) mass is 495 g/mol. The molecule has 1 aliphatic rings. The number of hydrogen-bond acceptors (Lipinski definition) is 8. The van der Waals surface area contributed by atoms with Crippen LogP contribution in [0.4, 0.5) is 23.1 Å². The molecule has 1 saturated heterocycles. The molecule has 188 valence electrons. The van der Waals surface area contributed by atoms with Gasteiger partial charge in [-0.25, -0.2) is 15.0 Å². The van der Waals surface area contributed by atoms with E-state index in [1.165, 1.54) is 0 Å².